The highest BCUT2D eigenvalue weighted by Gasteiger charge is 2.21. The van der Waals surface area contributed by atoms with Crippen LogP contribution in [0.25, 0.3) is 10.1 Å². The number of nitrogens with one attached hydrogen (secondary N) is 1. The van der Waals surface area contributed by atoms with Crippen molar-refractivity contribution in [1.82, 2.24) is 5.32 Å². The second-order valence-electron chi connectivity index (χ2n) is 5.03. The van der Waals surface area contributed by atoms with E-state index in [0.29, 0.717) is 0 Å². The molecule has 1 fully saturated rings. The normalized spacial score (nSPS) is 15.4. The molecule has 96 valence electrons. The van der Waals surface area contributed by atoms with E-state index in [4.69, 9.17) is 0 Å². The Balaban J connectivity index is 1.98. The van der Waals surface area contributed by atoms with Crippen molar-refractivity contribution in [3.63, 3.8) is 0 Å². The minimum Gasteiger partial charge on any atom is -0.309 e. The van der Waals surface area contributed by atoms with E-state index in [0.717, 1.165) is 12.6 Å². The van der Waals surface area contributed by atoms with Gasteiger partial charge in [0.25, 0.3) is 0 Å². The summed E-state index contributed by atoms with van der Waals surface area (Å²) in [5.74, 6) is 0. The van der Waals surface area contributed by atoms with Gasteiger partial charge in [0.05, 0.1) is 0 Å². The van der Waals surface area contributed by atoms with E-state index in [2.05, 4.69) is 46.4 Å². The van der Waals surface area contributed by atoms with Gasteiger partial charge in [0.1, 0.15) is 0 Å². The summed E-state index contributed by atoms with van der Waals surface area (Å²) in [5.41, 5.74) is 1.56. The van der Waals surface area contributed by atoms with Gasteiger partial charge in [-0.1, -0.05) is 25.5 Å². The smallest absolute Gasteiger partial charge is 0.0491 e. The lowest BCUT2D eigenvalue weighted by Gasteiger charge is -2.04. The number of halogens is 1. The number of rotatable bonds is 5. The van der Waals surface area contributed by atoms with Gasteiger partial charge < -0.3 is 5.32 Å². The highest BCUT2D eigenvalue weighted by atomic mass is 79.9. The van der Waals surface area contributed by atoms with Crippen molar-refractivity contribution in [2.75, 3.05) is 0 Å². The van der Waals surface area contributed by atoms with Crippen molar-refractivity contribution in [2.45, 2.75) is 45.2 Å². The third kappa shape index (κ3) is 2.49. The second kappa shape index (κ2) is 5.32. The topological polar surface area (TPSA) is 12.0 Å². The average Bonchev–Trinajstić information content (AvgIpc) is 3.12. The number of hydrogen-bond donors (Lipinski definition) is 1. The molecule has 1 aromatic heterocycles. The fourth-order valence-electron chi connectivity index (χ4n) is 2.38. The summed E-state index contributed by atoms with van der Waals surface area (Å²) >= 11 is 5.63. The van der Waals surface area contributed by atoms with Crippen molar-refractivity contribution in [3.8, 4) is 0 Å². The van der Waals surface area contributed by atoms with E-state index in [1.54, 1.807) is 5.56 Å². The number of fused-ring (bicyclic) bond motifs is 1. The van der Waals surface area contributed by atoms with Crippen LogP contribution in [0, 0.1) is 0 Å². The lowest BCUT2D eigenvalue weighted by Crippen LogP contribution is -2.15. The molecule has 0 aliphatic heterocycles. The summed E-state index contributed by atoms with van der Waals surface area (Å²) in [6.07, 6.45) is 5.13. The van der Waals surface area contributed by atoms with E-state index in [9.17, 15) is 0 Å². The summed E-state index contributed by atoms with van der Waals surface area (Å²) in [7, 11) is 0. The first-order valence-electron chi connectivity index (χ1n) is 6.71. The summed E-state index contributed by atoms with van der Waals surface area (Å²) in [6.45, 7) is 3.31. The quantitative estimate of drug-likeness (QED) is 0.827. The van der Waals surface area contributed by atoms with Crippen LogP contribution in [-0.4, -0.2) is 6.04 Å². The molecule has 1 nitrogen and oxygen atoms in total. The molecule has 18 heavy (non-hydrogen) atoms. The van der Waals surface area contributed by atoms with E-state index < -0.39 is 0 Å². The fraction of sp³-hybridized carbons (Fsp3) is 0.467. The fourth-order valence-corrected chi connectivity index (χ4v) is 4.19. The average molecular weight is 324 g/mol. The molecule has 0 spiro atoms. The molecule has 1 heterocycles. The zero-order chi connectivity index (χ0) is 12.5. The molecule has 0 bridgehead atoms. The molecule has 1 aliphatic carbocycles. The van der Waals surface area contributed by atoms with E-state index in [-0.39, 0.29) is 0 Å². The Labute approximate surface area is 121 Å². The lowest BCUT2D eigenvalue weighted by molar-refractivity contribution is 0.690. The van der Waals surface area contributed by atoms with Crippen molar-refractivity contribution >= 4 is 37.4 Å². The first-order valence-corrected chi connectivity index (χ1v) is 8.32. The molecule has 0 amide bonds. The molecular formula is C15H18BrNS. The minimum atomic E-state index is 0.785. The van der Waals surface area contributed by atoms with Gasteiger partial charge in [-0.25, -0.2) is 0 Å². The van der Waals surface area contributed by atoms with Crippen molar-refractivity contribution < 1.29 is 0 Å². The third-order valence-electron chi connectivity index (χ3n) is 3.48. The Hall–Kier alpha value is -0.380. The second-order valence-corrected chi connectivity index (χ2v) is 6.98. The standard InChI is InChI=1S/C15H18BrNS/c1-2-4-11-12-5-3-6-13(16)15(12)18-14(11)9-17-10-7-8-10/h3,5-6,10,17H,2,4,7-9H2,1H3. The maximum Gasteiger partial charge on any atom is 0.0491 e. The molecule has 2 aromatic rings. The lowest BCUT2D eigenvalue weighted by atomic mass is 10.1. The SMILES string of the molecule is CCCc1c(CNC2CC2)sc2c(Br)cccc12. The van der Waals surface area contributed by atoms with Crippen LogP contribution in [-0.2, 0) is 13.0 Å². The van der Waals surface area contributed by atoms with E-state index >= 15 is 0 Å². The minimum absolute atomic E-state index is 0.785. The first kappa shape index (κ1) is 12.6. The van der Waals surface area contributed by atoms with Crippen LogP contribution in [0.5, 0.6) is 0 Å². The van der Waals surface area contributed by atoms with E-state index in [1.807, 2.05) is 11.3 Å². The first-order chi connectivity index (χ1) is 8.79. The van der Waals surface area contributed by atoms with Gasteiger partial charge in [-0.05, 0) is 52.2 Å². The summed E-state index contributed by atoms with van der Waals surface area (Å²) in [6, 6.07) is 7.35. The number of aryl methyl sites for hydroxylation is 1. The zero-order valence-corrected chi connectivity index (χ0v) is 13.0. The van der Waals surface area contributed by atoms with Gasteiger partial charge in [-0.2, -0.15) is 0 Å². The predicted octanol–water partition coefficient (Wildman–Crippen LogP) is 4.87. The maximum absolute atomic E-state index is 3.68. The molecule has 0 saturated heterocycles. The van der Waals surface area contributed by atoms with Crippen LogP contribution in [0.1, 0.15) is 36.6 Å². The summed E-state index contributed by atoms with van der Waals surface area (Å²) in [4.78, 5) is 1.53. The van der Waals surface area contributed by atoms with Gasteiger partial charge in [0.15, 0.2) is 0 Å². The molecule has 1 N–H and O–H groups in total. The molecule has 1 saturated carbocycles. The predicted molar refractivity (Wildman–Crippen MR) is 83.4 cm³/mol. The molecular weight excluding hydrogens is 306 g/mol. The molecule has 3 heteroatoms. The van der Waals surface area contributed by atoms with Crippen molar-refractivity contribution in [2.24, 2.45) is 0 Å². The molecule has 1 aliphatic rings. The molecule has 0 unspecified atom stereocenters. The van der Waals surface area contributed by atoms with Gasteiger partial charge in [-0.3, -0.25) is 0 Å². The molecule has 3 rings (SSSR count). The zero-order valence-electron chi connectivity index (χ0n) is 10.6. The maximum atomic E-state index is 3.68. The van der Waals surface area contributed by atoms with Crippen LogP contribution >= 0.6 is 27.3 Å². The Kier molecular flexibility index (Phi) is 3.73. The molecule has 1 aromatic carbocycles. The largest absolute Gasteiger partial charge is 0.309 e. The van der Waals surface area contributed by atoms with E-state index in [1.165, 1.54) is 45.1 Å². The van der Waals surface area contributed by atoms with Crippen LogP contribution in [0.3, 0.4) is 0 Å². The number of benzene rings is 1. The number of hydrogen-bond acceptors (Lipinski definition) is 2. The molecule has 0 atom stereocenters. The monoisotopic (exact) mass is 323 g/mol. The van der Waals surface area contributed by atoms with Gasteiger partial charge in [-0.15, -0.1) is 11.3 Å². The Morgan fingerprint density at radius 1 is 1.39 bits per heavy atom. The van der Waals surface area contributed by atoms with Crippen LogP contribution in [0.2, 0.25) is 0 Å². The highest BCUT2D eigenvalue weighted by molar-refractivity contribution is 9.10. The third-order valence-corrected chi connectivity index (χ3v) is 5.69. The molecule has 0 radical (unpaired) electrons. The Bertz CT molecular complexity index is 557. The highest BCUT2D eigenvalue weighted by Crippen LogP contribution is 2.37. The van der Waals surface area contributed by atoms with Crippen molar-refractivity contribution in [3.05, 3.63) is 33.1 Å². The van der Waals surface area contributed by atoms with Gasteiger partial charge >= 0.3 is 0 Å². The number of thiophene rings is 1. The summed E-state index contributed by atoms with van der Waals surface area (Å²) in [5, 5.41) is 5.10. The van der Waals surface area contributed by atoms with Gasteiger partial charge in [0, 0.05) is 26.6 Å². The van der Waals surface area contributed by atoms with Crippen LogP contribution < -0.4 is 5.32 Å². The van der Waals surface area contributed by atoms with Gasteiger partial charge in [0.2, 0.25) is 0 Å². The van der Waals surface area contributed by atoms with Crippen LogP contribution in [0.15, 0.2) is 22.7 Å². The van der Waals surface area contributed by atoms with Crippen LogP contribution in [0.4, 0.5) is 0 Å². The Morgan fingerprint density at radius 3 is 2.94 bits per heavy atom. The van der Waals surface area contributed by atoms with Crippen molar-refractivity contribution in [1.29, 1.82) is 0 Å². The Morgan fingerprint density at radius 2 is 2.22 bits per heavy atom. The summed E-state index contributed by atoms with van der Waals surface area (Å²) < 4.78 is 2.65.